The molecule has 2 rings (SSSR count). The van der Waals surface area contributed by atoms with Crippen molar-refractivity contribution in [3.63, 3.8) is 0 Å². The van der Waals surface area contributed by atoms with Crippen LogP contribution in [0.4, 0.5) is 4.39 Å². The molecule has 112 valence electrons. The molecule has 0 bridgehead atoms. The van der Waals surface area contributed by atoms with E-state index < -0.39 is 0 Å². The molecule has 0 radical (unpaired) electrons. The van der Waals surface area contributed by atoms with Crippen LogP contribution in [0, 0.1) is 11.7 Å². The zero-order chi connectivity index (χ0) is 14.4. The molecule has 0 amide bonds. The molecule has 0 aliphatic heterocycles. The Bertz CT molecular complexity index is 394. The molecule has 1 aliphatic carbocycles. The summed E-state index contributed by atoms with van der Waals surface area (Å²) in [6.07, 6.45) is 5.99. The molecule has 1 fully saturated rings. The number of rotatable bonds is 6. The predicted octanol–water partition coefficient (Wildman–Crippen LogP) is 3.72. The summed E-state index contributed by atoms with van der Waals surface area (Å²) in [4.78, 5) is 0. The van der Waals surface area contributed by atoms with E-state index in [1.165, 1.54) is 25.0 Å². The minimum Gasteiger partial charge on any atom is -0.396 e. The van der Waals surface area contributed by atoms with Crippen LogP contribution in [0.3, 0.4) is 0 Å². The lowest BCUT2D eigenvalue weighted by Crippen LogP contribution is -2.39. The van der Waals surface area contributed by atoms with Gasteiger partial charge >= 0.3 is 0 Å². The van der Waals surface area contributed by atoms with Gasteiger partial charge in [-0.3, -0.25) is 0 Å². The van der Waals surface area contributed by atoms with E-state index in [0.717, 1.165) is 30.7 Å². The normalized spacial score (nSPS) is 26.6. The van der Waals surface area contributed by atoms with Gasteiger partial charge in [0.25, 0.3) is 0 Å². The van der Waals surface area contributed by atoms with E-state index in [9.17, 15) is 4.39 Å². The molecule has 0 spiro atoms. The molecule has 1 aliphatic rings. The van der Waals surface area contributed by atoms with E-state index in [1.807, 2.05) is 12.1 Å². The van der Waals surface area contributed by atoms with Crippen LogP contribution in [0.5, 0.6) is 0 Å². The maximum absolute atomic E-state index is 13.0. The highest BCUT2D eigenvalue weighted by Gasteiger charge is 2.35. The lowest BCUT2D eigenvalue weighted by Gasteiger charge is -2.39. The molecular weight excluding hydrogens is 255 g/mol. The molecule has 1 N–H and O–H groups in total. The predicted molar refractivity (Wildman–Crippen MR) is 78.1 cm³/mol. The van der Waals surface area contributed by atoms with Crippen LogP contribution < -0.4 is 0 Å². The molecule has 1 saturated carbocycles. The van der Waals surface area contributed by atoms with Crippen LogP contribution in [0.1, 0.15) is 44.6 Å². The van der Waals surface area contributed by atoms with E-state index in [4.69, 9.17) is 9.84 Å². The highest BCUT2D eigenvalue weighted by molar-refractivity contribution is 5.18. The molecule has 1 aromatic carbocycles. The average molecular weight is 280 g/mol. The molecule has 0 aromatic heterocycles. The SMILES string of the molecule is CC1CCC(Cc2ccc(F)cc2)(OCCCO)CC1. The topological polar surface area (TPSA) is 29.5 Å². The van der Waals surface area contributed by atoms with E-state index in [1.54, 1.807) is 0 Å². The van der Waals surface area contributed by atoms with Crippen molar-refractivity contribution in [3.8, 4) is 0 Å². The van der Waals surface area contributed by atoms with Gasteiger partial charge in [0.2, 0.25) is 0 Å². The van der Waals surface area contributed by atoms with Crippen molar-refractivity contribution in [2.45, 2.75) is 51.0 Å². The number of halogens is 1. The first kappa shape index (κ1) is 15.5. The highest BCUT2D eigenvalue weighted by Crippen LogP contribution is 2.37. The first-order valence-electron chi connectivity index (χ1n) is 7.63. The zero-order valence-corrected chi connectivity index (χ0v) is 12.3. The largest absolute Gasteiger partial charge is 0.396 e. The molecule has 0 heterocycles. The molecule has 0 atom stereocenters. The van der Waals surface area contributed by atoms with Gasteiger partial charge in [-0.05, 0) is 55.7 Å². The van der Waals surface area contributed by atoms with Gasteiger partial charge in [-0.1, -0.05) is 19.1 Å². The second-order valence-corrected chi connectivity index (χ2v) is 6.09. The Labute approximate surface area is 121 Å². The Hall–Kier alpha value is -0.930. The van der Waals surface area contributed by atoms with Crippen molar-refractivity contribution >= 4 is 0 Å². The van der Waals surface area contributed by atoms with Gasteiger partial charge < -0.3 is 9.84 Å². The number of benzene rings is 1. The molecule has 1 aromatic rings. The summed E-state index contributed by atoms with van der Waals surface area (Å²) in [6.45, 7) is 3.06. The number of hydrogen-bond acceptors (Lipinski definition) is 2. The Morgan fingerprint density at radius 2 is 1.90 bits per heavy atom. The van der Waals surface area contributed by atoms with Crippen LogP contribution in [0.25, 0.3) is 0 Å². The fourth-order valence-electron chi connectivity index (χ4n) is 2.99. The Balaban J connectivity index is 2.03. The number of ether oxygens (including phenoxy) is 1. The maximum Gasteiger partial charge on any atom is 0.123 e. The van der Waals surface area contributed by atoms with Gasteiger partial charge in [0, 0.05) is 19.6 Å². The summed E-state index contributed by atoms with van der Waals surface area (Å²) in [7, 11) is 0. The monoisotopic (exact) mass is 280 g/mol. The molecular formula is C17H25FO2. The zero-order valence-electron chi connectivity index (χ0n) is 12.3. The number of hydrogen-bond donors (Lipinski definition) is 1. The first-order chi connectivity index (χ1) is 9.63. The average Bonchev–Trinajstić information content (AvgIpc) is 2.45. The third-order valence-electron chi connectivity index (χ3n) is 4.34. The summed E-state index contributed by atoms with van der Waals surface area (Å²) < 4.78 is 19.1. The summed E-state index contributed by atoms with van der Waals surface area (Å²) in [5.74, 6) is 0.569. The van der Waals surface area contributed by atoms with Crippen LogP contribution in [-0.2, 0) is 11.2 Å². The second-order valence-electron chi connectivity index (χ2n) is 6.09. The lowest BCUT2D eigenvalue weighted by molar-refractivity contribution is -0.0796. The Morgan fingerprint density at radius 3 is 2.50 bits per heavy atom. The van der Waals surface area contributed by atoms with Gasteiger partial charge in [0.1, 0.15) is 5.82 Å². The Morgan fingerprint density at radius 1 is 1.25 bits per heavy atom. The minimum atomic E-state index is -0.193. The lowest BCUT2D eigenvalue weighted by atomic mass is 9.76. The third-order valence-corrected chi connectivity index (χ3v) is 4.34. The molecule has 0 unspecified atom stereocenters. The minimum absolute atomic E-state index is 0.125. The van der Waals surface area contributed by atoms with Crippen molar-refractivity contribution in [2.24, 2.45) is 5.92 Å². The Kier molecular flexibility index (Phi) is 5.55. The standard InChI is InChI=1S/C17H25FO2/c1-14-7-9-17(10-8-14,20-12-2-11-19)13-15-3-5-16(18)6-4-15/h3-6,14,19H,2,7-13H2,1H3. The van der Waals surface area contributed by atoms with E-state index in [0.29, 0.717) is 13.0 Å². The van der Waals surface area contributed by atoms with Crippen molar-refractivity contribution in [1.29, 1.82) is 0 Å². The summed E-state index contributed by atoms with van der Waals surface area (Å²) >= 11 is 0. The molecule has 2 nitrogen and oxygen atoms in total. The van der Waals surface area contributed by atoms with Crippen LogP contribution in [0.15, 0.2) is 24.3 Å². The molecule has 3 heteroatoms. The van der Waals surface area contributed by atoms with Gasteiger partial charge in [-0.25, -0.2) is 4.39 Å². The summed E-state index contributed by atoms with van der Waals surface area (Å²) in [6, 6.07) is 6.74. The van der Waals surface area contributed by atoms with Gasteiger partial charge in [-0.2, -0.15) is 0 Å². The second kappa shape index (κ2) is 7.19. The van der Waals surface area contributed by atoms with Gasteiger partial charge in [0.05, 0.1) is 5.60 Å². The fourth-order valence-corrected chi connectivity index (χ4v) is 2.99. The first-order valence-corrected chi connectivity index (χ1v) is 7.63. The summed E-state index contributed by atoms with van der Waals surface area (Å²) in [5, 5.41) is 8.92. The van der Waals surface area contributed by atoms with E-state index in [-0.39, 0.29) is 18.0 Å². The van der Waals surface area contributed by atoms with Crippen LogP contribution >= 0.6 is 0 Å². The molecule has 0 saturated heterocycles. The highest BCUT2D eigenvalue weighted by atomic mass is 19.1. The van der Waals surface area contributed by atoms with Crippen LogP contribution in [0.2, 0.25) is 0 Å². The maximum atomic E-state index is 13.0. The van der Waals surface area contributed by atoms with Gasteiger partial charge in [0.15, 0.2) is 0 Å². The third kappa shape index (κ3) is 4.29. The fraction of sp³-hybridized carbons (Fsp3) is 0.647. The smallest absolute Gasteiger partial charge is 0.123 e. The quantitative estimate of drug-likeness (QED) is 0.805. The summed E-state index contributed by atoms with van der Waals surface area (Å²) in [5.41, 5.74) is 1.00. The van der Waals surface area contributed by atoms with Crippen molar-refractivity contribution in [3.05, 3.63) is 35.6 Å². The van der Waals surface area contributed by atoms with E-state index in [2.05, 4.69) is 6.92 Å². The van der Waals surface area contributed by atoms with Crippen LogP contribution in [-0.4, -0.2) is 23.9 Å². The molecule has 20 heavy (non-hydrogen) atoms. The van der Waals surface area contributed by atoms with Gasteiger partial charge in [-0.15, -0.1) is 0 Å². The van der Waals surface area contributed by atoms with Crippen molar-refractivity contribution in [1.82, 2.24) is 0 Å². The van der Waals surface area contributed by atoms with Crippen molar-refractivity contribution < 1.29 is 14.2 Å². The van der Waals surface area contributed by atoms with E-state index >= 15 is 0 Å². The number of aliphatic hydroxyl groups is 1. The van der Waals surface area contributed by atoms with Crippen molar-refractivity contribution in [2.75, 3.05) is 13.2 Å². The number of aliphatic hydroxyl groups excluding tert-OH is 1.